The molecule has 112 valence electrons. The van der Waals surface area contributed by atoms with Crippen molar-refractivity contribution < 1.29 is 27.9 Å². The molecule has 0 aliphatic carbocycles. The van der Waals surface area contributed by atoms with Crippen LogP contribution in [0.25, 0.3) is 0 Å². The van der Waals surface area contributed by atoms with Gasteiger partial charge in [0.15, 0.2) is 0 Å². The van der Waals surface area contributed by atoms with E-state index in [1.807, 2.05) is 6.92 Å². The van der Waals surface area contributed by atoms with Crippen molar-refractivity contribution in [3.8, 4) is 0 Å². The zero-order chi connectivity index (χ0) is 14.9. The van der Waals surface area contributed by atoms with Crippen LogP contribution in [0.2, 0.25) is 0 Å². The van der Waals surface area contributed by atoms with Crippen molar-refractivity contribution >= 4 is 12.0 Å². The predicted octanol–water partition coefficient (Wildman–Crippen LogP) is 2.13. The maximum Gasteiger partial charge on any atom is 0.389 e. The van der Waals surface area contributed by atoms with Gasteiger partial charge in [-0.2, -0.15) is 13.2 Å². The third-order valence-corrected chi connectivity index (χ3v) is 2.42. The van der Waals surface area contributed by atoms with Crippen LogP contribution in [-0.4, -0.2) is 36.4 Å². The van der Waals surface area contributed by atoms with E-state index in [1.165, 1.54) is 0 Å². The van der Waals surface area contributed by atoms with Gasteiger partial charge in [0.25, 0.3) is 0 Å². The molecule has 0 aromatic carbocycles. The second-order valence-corrected chi connectivity index (χ2v) is 4.18. The number of aliphatic carboxylic acids is 1. The van der Waals surface area contributed by atoms with Gasteiger partial charge < -0.3 is 15.7 Å². The average molecular weight is 284 g/mol. The number of carboxylic acids is 1. The average Bonchev–Trinajstić information content (AvgIpc) is 2.28. The summed E-state index contributed by atoms with van der Waals surface area (Å²) in [5, 5.41) is 13.4. The molecule has 0 radical (unpaired) electrons. The first-order chi connectivity index (χ1) is 8.76. The lowest BCUT2D eigenvalue weighted by Gasteiger charge is -2.13. The minimum Gasteiger partial charge on any atom is -0.481 e. The Hall–Kier alpha value is -1.47. The van der Waals surface area contributed by atoms with Crippen molar-refractivity contribution in [2.45, 2.75) is 38.8 Å². The molecule has 8 heteroatoms. The minimum atomic E-state index is -4.23. The molecule has 3 N–H and O–H groups in total. The molecular weight excluding hydrogens is 265 g/mol. The number of carboxylic acid groups (broad SMARTS) is 1. The maximum atomic E-state index is 11.8. The van der Waals surface area contributed by atoms with Crippen LogP contribution >= 0.6 is 0 Å². The van der Waals surface area contributed by atoms with Gasteiger partial charge in [0.1, 0.15) is 0 Å². The van der Waals surface area contributed by atoms with Crippen LogP contribution in [0.1, 0.15) is 32.6 Å². The monoisotopic (exact) mass is 284 g/mol. The molecule has 2 amide bonds. The van der Waals surface area contributed by atoms with E-state index in [0.29, 0.717) is 12.8 Å². The Morgan fingerprint density at radius 1 is 1.26 bits per heavy atom. The zero-order valence-electron chi connectivity index (χ0n) is 10.7. The first-order valence-corrected chi connectivity index (χ1v) is 6.07. The molecule has 0 saturated carbocycles. The topological polar surface area (TPSA) is 78.4 Å². The number of alkyl halides is 3. The molecule has 0 spiro atoms. The number of urea groups is 1. The van der Waals surface area contributed by atoms with Gasteiger partial charge in [0.05, 0.1) is 5.92 Å². The van der Waals surface area contributed by atoms with E-state index >= 15 is 0 Å². The number of rotatable bonds is 8. The maximum absolute atomic E-state index is 11.8. The molecule has 5 nitrogen and oxygen atoms in total. The highest BCUT2D eigenvalue weighted by molar-refractivity contribution is 5.75. The van der Waals surface area contributed by atoms with E-state index in [-0.39, 0.29) is 19.5 Å². The Labute approximate surface area is 109 Å². The first kappa shape index (κ1) is 17.5. The molecule has 0 saturated heterocycles. The lowest BCUT2D eigenvalue weighted by Crippen LogP contribution is -2.40. The van der Waals surface area contributed by atoms with E-state index < -0.39 is 30.5 Å². The standard InChI is InChI=1S/C11H19F3N2O3/c1-2-4-8(9(17)18)7-16-10(19)15-6-3-5-11(12,13)14/h8H,2-7H2,1H3,(H,17,18)(H2,15,16,19). The summed E-state index contributed by atoms with van der Waals surface area (Å²) < 4.78 is 35.4. The van der Waals surface area contributed by atoms with Gasteiger partial charge >= 0.3 is 18.2 Å². The molecule has 19 heavy (non-hydrogen) atoms. The van der Waals surface area contributed by atoms with Crippen molar-refractivity contribution in [3.63, 3.8) is 0 Å². The normalized spacial score (nSPS) is 12.8. The van der Waals surface area contributed by atoms with Gasteiger partial charge in [-0.15, -0.1) is 0 Å². The fraction of sp³-hybridized carbons (Fsp3) is 0.818. The summed E-state index contributed by atoms with van der Waals surface area (Å²) in [6.07, 6.45) is -4.28. The van der Waals surface area contributed by atoms with Gasteiger partial charge in [0.2, 0.25) is 0 Å². The van der Waals surface area contributed by atoms with E-state index in [0.717, 1.165) is 0 Å². The Morgan fingerprint density at radius 3 is 2.37 bits per heavy atom. The highest BCUT2D eigenvalue weighted by Crippen LogP contribution is 2.20. The summed E-state index contributed by atoms with van der Waals surface area (Å²) in [6, 6.07) is -0.649. The summed E-state index contributed by atoms with van der Waals surface area (Å²) in [5.74, 6) is -1.68. The molecule has 0 heterocycles. The Morgan fingerprint density at radius 2 is 1.89 bits per heavy atom. The predicted molar refractivity (Wildman–Crippen MR) is 62.7 cm³/mol. The van der Waals surface area contributed by atoms with Crippen LogP contribution in [-0.2, 0) is 4.79 Å². The molecule has 1 unspecified atom stereocenters. The second-order valence-electron chi connectivity index (χ2n) is 4.18. The van der Waals surface area contributed by atoms with Crippen LogP contribution in [0.5, 0.6) is 0 Å². The van der Waals surface area contributed by atoms with Crippen molar-refractivity contribution in [1.29, 1.82) is 0 Å². The number of carbonyl (C=O) groups excluding carboxylic acids is 1. The largest absolute Gasteiger partial charge is 0.481 e. The van der Waals surface area contributed by atoms with Crippen molar-refractivity contribution in [3.05, 3.63) is 0 Å². The minimum absolute atomic E-state index is 0.0335. The molecule has 0 bridgehead atoms. The lowest BCUT2D eigenvalue weighted by molar-refractivity contribution is -0.141. The van der Waals surface area contributed by atoms with Crippen LogP contribution in [0, 0.1) is 5.92 Å². The third-order valence-electron chi connectivity index (χ3n) is 2.42. The smallest absolute Gasteiger partial charge is 0.389 e. The molecule has 0 aliphatic rings. The summed E-state index contributed by atoms with van der Waals surface area (Å²) in [7, 11) is 0. The van der Waals surface area contributed by atoms with Crippen LogP contribution in [0.15, 0.2) is 0 Å². The van der Waals surface area contributed by atoms with E-state index in [9.17, 15) is 22.8 Å². The molecule has 0 aliphatic heterocycles. The molecule has 0 rings (SSSR count). The number of nitrogens with one attached hydrogen (secondary N) is 2. The fourth-order valence-electron chi connectivity index (χ4n) is 1.43. The van der Waals surface area contributed by atoms with E-state index in [1.54, 1.807) is 0 Å². The third kappa shape index (κ3) is 10.2. The number of halogens is 3. The molecule has 1 atom stereocenters. The highest BCUT2D eigenvalue weighted by atomic mass is 19.4. The molecule has 0 aromatic rings. The fourth-order valence-corrected chi connectivity index (χ4v) is 1.43. The molecule has 0 aromatic heterocycles. The Bertz CT molecular complexity index is 295. The lowest BCUT2D eigenvalue weighted by atomic mass is 10.0. The molecular formula is C11H19F3N2O3. The number of hydrogen-bond acceptors (Lipinski definition) is 2. The zero-order valence-corrected chi connectivity index (χ0v) is 10.7. The Balaban J connectivity index is 3.77. The van der Waals surface area contributed by atoms with Crippen molar-refractivity contribution in [2.75, 3.05) is 13.1 Å². The van der Waals surface area contributed by atoms with Gasteiger partial charge in [-0.1, -0.05) is 13.3 Å². The summed E-state index contributed by atoms with van der Waals surface area (Å²) >= 11 is 0. The van der Waals surface area contributed by atoms with Crippen molar-refractivity contribution in [1.82, 2.24) is 10.6 Å². The Kier molecular flexibility index (Phi) is 7.94. The van der Waals surface area contributed by atoms with E-state index in [4.69, 9.17) is 5.11 Å². The number of carbonyl (C=O) groups is 2. The first-order valence-electron chi connectivity index (χ1n) is 6.07. The van der Waals surface area contributed by atoms with Crippen LogP contribution < -0.4 is 10.6 Å². The summed E-state index contributed by atoms with van der Waals surface area (Å²) in [6.45, 7) is 1.69. The van der Waals surface area contributed by atoms with Gasteiger partial charge in [-0.25, -0.2) is 4.79 Å². The summed E-state index contributed by atoms with van der Waals surface area (Å²) in [4.78, 5) is 22.0. The quantitative estimate of drug-likeness (QED) is 0.597. The second kappa shape index (κ2) is 8.60. The van der Waals surface area contributed by atoms with Crippen molar-refractivity contribution in [2.24, 2.45) is 5.92 Å². The van der Waals surface area contributed by atoms with Gasteiger partial charge in [-0.05, 0) is 12.8 Å². The number of amides is 2. The molecule has 0 fully saturated rings. The van der Waals surface area contributed by atoms with E-state index in [2.05, 4.69) is 10.6 Å². The highest BCUT2D eigenvalue weighted by Gasteiger charge is 2.26. The summed E-state index contributed by atoms with van der Waals surface area (Å²) in [5.41, 5.74) is 0. The van der Waals surface area contributed by atoms with Gasteiger partial charge in [-0.3, -0.25) is 4.79 Å². The van der Waals surface area contributed by atoms with Crippen LogP contribution in [0.3, 0.4) is 0 Å². The van der Waals surface area contributed by atoms with Gasteiger partial charge in [0, 0.05) is 19.5 Å². The number of hydrogen-bond donors (Lipinski definition) is 3. The SMILES string of the molecule is CCCC(CNC(=O)NCCCC(F)(F)F)C(=O)O. The van der Waals surface area contributed by atoms with Crippen LogP contribution in [0.4, 0.5) is 18.0 Å².